The molecule has 1 aromatic heterocycles. The molecule has 1 aromatic carbocycles. The molecule has 19 heavy (non-hydrogen) atoms. The van der Waals surface area contributed by atoms with Crippen molar-refractivity contribution >= 4 is 27.5 Å². The fourth-order valence-corrected chi connectivity index (χ4v) is 2.11. The molecule has 2 rings (SSSR count). The quantitative estimate of drug-likeness (QED) is 0.582. The van der Waals surface area contributed by atoms with Gasteiger partial charge in [0, 0.05) is 35.5 Å². The van der Waals surface area contributed by atoms with E-state index in [2.05, 4.69) is 31.2 Å². The van der Waals surface area contributed by atoms with Crippen molar-refractivity contribution in [2.75, 3.05) is 12.3 Å². The summed E-state index contributed by atoms with van der Waals surface area (Å²) in [5, 5.41) is 2.85. The molecule has 1 amide bonds. The average molecular weight is 323 g/mol. The van der Waals surface area contributed by atoms with E-state index in [1.54, 1.807) is 30.6 Å². The topological polar surface area (TPSA) is 83.8 Å². The molecule has 2 aromatic rings. The number of amides is 1. The number of aromatic nitrogens is 2. The van der Waals surface area contributed by atoms with Gasteiger partial charge in [-0.15, -0.1) is 0 Å². The highest BCUT2D eigenvalue weighted by atomic mass is 79.9. The van der Waals surface area contributed by atoms with E-state index in [1.165, 1.54) is 0 Å². The van der Waals surface area contributed by atoms with Crippen LogP contribution in [0.5, 0.6) is 0 Å². The number of carbonyl (C=O) groups is 1. The lowest BCUT2D eigenvalue weighted by molar-refractivity contribution is 0.0954. The lowest BCUT2D eigenvalue weighted by Crippen LogP contribution is -2.25. The number of anilines is 1. The highest BCUT2D eigenvalue weighted by Gasteiger charge is 2.09. The minimum atomic E-state index is -0.149. The number of halogens is 1. The number of rotatable bonds is 5. The van der Waals surface area contributed by atoms with Crippen molar-refractivity contribution in [3.05, 3.63) is 46.5 Å². The minimum Gasteiger partial charge on any atom is -0.398 e. The number of nitrogens with zero attached hydrogens (tertiary/aromatic N) is 1. The molecular weight excluding hydrogens is 308 g/mol. The Hall–Kier alpha value is -1.82. The fourth-order valence-electron chi connectivity index (χ4n) is 1.73. The van der Waals surface area contributed by atoms with Gasteiger partial charge in [-0.2, -0.15) is 0 Å². The van der Waals surface area contributed by atoms with E-state index >= 15 is 0 Å². The number of hydrogen-bond donors (Lipinski definition) is 3. The molecule has 0 radical (unpaired) electrons. The van der Waals surface area contributed by atoms with Gasteiger partial charge in [-0.25, -0.2) is 4.98 Å². The van der Waals surface area contributed by atoms with E-state index in [-0.39, 0.29) is 5.91 Å². The summed E-state index contributed by atoms with van der Waals surface area (Å²) in [4.78, 5) is 19.1. The van der Waals surface area contributed by atoms with Gasteiger partial charge in [-0.1, -0.05) is 15.9 Å². The van der Waals surface area contributed by atoms with Gasteiger partial charge >= 0.3 is 0 Å². The number of benzene rings is 1. The molecule has 6 heteroatoms. The third-order valence-corrected chi connectivity index (χ3v) is 3.18. The maximum Gasteiger partial charge on any atom is 0.253 e. The zero-order chi connectivity index (χ0) is 13.7. The first-order valence-electron chi connectivity index (χ1n) is 5.98. The van der Waals surface area contributed by atoms with Gasteiger partial charge < -0.3 is 16.0 Å². The molecule has 0 unspecified atom stereocenters. The highest BCUT2D eigenvalue weighted by Crippen LogP contribution is 2.18. The number of aryl methyl sites for hydroxylation is 1. The number of hydrogen-bond acceptors (Lipinski definition) is 3. The van der Waals surface area contributed by atoms with Crippen molar-refractivity contribution in [2.24, 2.45) is 0 Å². The van der Waals surface area contributed by atoms with Gasteiger partial charge in [0.2, 0.25) is 0 Å². The second-order valence-electron chi connectivity index (χ2n) is 4.13. The molecular formula is C13H15BrN4O. The molecule has 0 saturated heterocycles. The van der Waals surface area contributed by atoms with E-state index in [4.69, 9.17) is 5.73 Å². The summed E-state index contributed by atoms with van der Waals surface area (Å²) in [6.07, 6.45) is 5.14. The van der Waals surface area contributed by atoms with E-state index < -0.39 is 0 Å². The summed E-state index contributed by atoms with van der Waals surface area (Å²) in [6, 6.07) is 5.23. The smallest absolute Gasteiger partial charge is 0.253 e. The third-order valence-electron chi connectivity index (χ3n) is 2.69. The molecule has 0 bridgehead atoms. The number of H-pyrrole nitrogens is 1. The number of nitrogen functional groups attached to an aromatic ring is 1. The number of carbonyl (C=O) groups excluding carboxylic acids is 1. The summed E-state index contributed by atoms with van der Waals surface area (Å²) < 4.78 is 0.861. The van der Waals surface area contributed by atoms with Crippen LogP contribution in [0.4, 0.5) is 5.69 Å². The molecule has 5 nitrogen and oxygen atoms in total. The first-order valence-corrected chi connectivity index (χ1v) is 6.77. The van der Waals surface area contributed by atoms with Gasteiger partial charge in [-0.3, -0.25) is 4.79 Å². The molecule has 100 valence electrons. The van der Waals surface area contributed by atoms with Crippen molar-refractivity contribution in [1.82, 2.24) is 15.3 Å². The van der Waals surface area contributed by atoms with Crippen LogP contribution in [0.25, 0.3) is 0 Å². The summed E-state index contributed by atoms with van der Waals surface area (Å²) in [7, 11) is 0. The monoisotopic (exact) mass is 322 g/mol. The molecule has 0 aliphatic carbocycles. The molecule has 0 aliphatic rings. The van der Waals surface area contributed by atoms with Gasteiger partial charge in [-0.05, 0) is 24.6 Å². The van der Waals surface area contributed by atoms with Crippen molar-refractivity contribution in [3.63, 3.8) is 0 Å². The zero-order valence-corrected chi connectivity index (χ0v) is 11.9. The maximum absolute atomic E-state index is 11.9. The number of aromatic amines is 1. The zero-order valence-electron chi connectivity index (χ0n) is 10.3. The number of nitrogens with two attached hydrogens (primary N) is 1. The number of nitrogens with one attached hydrogen (secondary N) is 2. The first-order chi connectivity index (χ1) is 9.16. The minimum absolute atomic E-state index is 0.149. The fraction of sp³-hybridized carbons (Fsp3) is 0.231. The summed E-state index contributed by atoms with van der Waals surface area (Å²) in [5.41, 5.74) is 6.77. The van der Waals surface area contributed by atoms with Crippen molar-refractivity contribution in [1.29, 1.82) is 0 Å². The third kappa shape index (κ3) is 3.82. The molecule has 1 heterocycles. The SMILES string of the molecule is Nc1cc(Br)ccc1C(=O)NCCCc1ncc[nH]1. The van der Waals surface area contributed by atoms with Crippen LogP contribution < -0.4 is 11.1 Å². The molecule has 4 N–H and O–H groups in total. The molecule has 0 fully saturated rings. The standard InChI is InChI=1S/C13H15BrN4O/c14-9-3-4-10(11(15)8-9)13(19)18-5-1-2-12-16-6-7-17-12/h3-4,6-8H,1-2,5,15H2,(H,16,17)(H,18,19). The lowest BCUT2D eigenvalue weighted by Gasteiger charge is -2.07. The van der Waals surface area contributed by atoms with E-state index in [1.807, 2.05) is 0 Å². The van der Waals surface area contributed by atoms with Crippen LogP contribution in [0, 0.1) is 0 Å². The Morgan fingerprint density at radius 2 is 2.32 bits per heavy atom. The van der Waals surface area contributed by atoms with Crippen molar-refractivity contribution in [2.45, 2.75) is 12.8 Å². The normalized spacial score (nSPS) is 10.4. The van der Waals surface area contributed by atoms with Crippen molar-refractivity contribution in [3.8, 4) is 0 Å². The van der Waals surface area contributed by atoms with Crippen LogP contribution in [0.1, 0.15) is 22.6 Å². The largest absolute Gasteiger partial charge is 0.398 e. The summed E-state index contributed by atoms with van der Waals surface area (Å²) >= 11 is 3.31. The van der Waals surface area contributed by atoms with Crippen LogP contribution >= 0.6 is 15.9 Å². The van der Waals surface area contributed by atoms with Crippen LogP contribution in [0.3, 0.4) is 0 Å². The van der Waals surface area contributed by atoms with E-state index in [0.717, 1.165) is 23.1 Å². The van der Waals surface area contributed by atoms with Gasteiger partial charge in [0.15, 0.2) is 0 Å². The van der Waals surface area contributed by atoms with Crippen LogP contribution in [-0.4, -0.2) is 22.4 Å². The van der Waals surface area contributed by atoms with Crippen LogP contribution in [0.2, 0.25) is 0 Å². The highest BCUT2D eigenvalue weighted by molar-refractivity contribution is 9.10. The predicted octanol–water partition coefficient (Wildman–Crippen LogP) is 2.12. The molecule has 0 saturated carbocycles. The Bertz CT molecular complexity index is 554. The Kier molecular flexibility index (Phi) is 4.57. The van der Waals surface area contributed by atoms with Crippen molar-refractivity contribution < 1.29 is 4.79 Å². The number of imidazole rings is 1. The molecule has 0 aliphatic heterocycles. The van der Waals surface area contributed by atoms with Gasteiger partial charge in [0.1, 0.15) is 5.82 Å². The Morgan fingerprint density at radius 1 is 1.47 bits per heavy atom. The Labute approximate surface area is 119 Å². The Balaban J connectivity index is 1.81. The lowest BCUT2D eigenvalue weighted by atomic mass is 10.1. The van der Waals surface area contributed by atoms with Crippen LogP contribution in [-0.2, 0) is 6.42 Å². The predicted molar refractivity (Wildman–Crippen MR) is 77.8 cm³/mol. The summed E-state index contributed by atoms with van der Waals surface area (Å²) in [5.74, 6) is 0.779. The van der Waals surface area contributed by atoms with Crippen LogP contribution in [0.15, 0.2) is 35.1 Å². The van der Waals surface area contributed by atoms with E-state index in [9.17, 15) is 4.79 Å². The first kappa shape index (κ1) is 13.6. The summed E-state index contributed by atoms with van der Waals surface area (Å²) in [6.45, 7) is 0.592. The Morgan fingerprint density at radius 3 is 3.00 bits per heavy atom. The maximum atomic E-state index is 11.9. The average Bonchev–Trinajstić information content (AvgIpc) is 2.87. The molecule has 0 atom stereocenters. The second kappa shape index (κ2) is 6.38. The molecule has 0 spiro atoms. The van der Waals surface area contributed by atoms with Gasteiger partial charge in [0.05, 0.1) is 5.56 Å². The van der Waals surface area contributed by atoms with E-state index in [0.29, 0.717) is 17.8 Å². The van der Waals surface area contributed by atoms with Gasteiger partial charge in [0.25, 0.3) is 5.91 Å². The second-order valence-corrected chi connectivity index (χ2v) is 5.04.